The van der Waals surface area contributed by atoms with Gasteiger partial charge in [0.25, 0.3) is 0 Å². The van der Waals surface area contributed by atoms with Gasteiger partial charge in [-0.3, -0.25) is 4.79 Å². The number of hydrogen-bond acceptors (Lipinski definition) is 3. The number of carbonyl (C=O) groups excluding carboxylic acids is 1. The van der Waals surface area contributed by atoms with Gasteiger partial charge in [0.1, 0.15) is 5.82 Å². The summed E-state index contributed by atoms with van der Waals surface area (Å²) in [4.78, 5) is 14.5. The number of rotatable bonds is 4. The molecule has 4 rings (SSSR count). The molecule has 4 nitrogen and oxygen atoms in total. The Balaban J connectivity index is 1.36. The number of nitrogens with one attached hydrogen (secondary N) is 1. The van der Waals surface area contributed by atoms with Crippen LogP contribution in [0.1, 0.15) is 45.1 Å². The molecule has 2 bridgehead atoms. The minimum Gasteiger partial charge on any atom is -0.372 e. The van der Waals surface area contributed by atoms with Crippen LogP contribution in [0.25, 0.3) is 0 Å². The standard InChI is InChI=1S/C21H29FN2O2/c1-13-11-24(12-14(2)26-13)20-6-4-16(9-19(20)22)10-23-21(25)18-8-15-3-5-17(18)7-15/h4,6,9,13-15,17-18H,3,5,7-8,10-12H2,1-2H3,(H,23,25)/t13-,14+,15-,17-,18-/m0/s1. The van der Waals surface area contributed by atoms with Crippen molar-refractivity contribution >= 4 is 11.6 Å². The van der Waals surface area contributed by atoms with E-state index in [1.165, 1.54) is 19.3 Å². The Kier molecular flexibility index (Phi) is 4.91. The number of ether oxygens (including phenoxy) is 1. The van der Waals surface area contributed by atoms with E-state index in [1.54, 1.807) is 6.07 Å². The van der Waals surface area contributed by atoms with Gasteiger partial charge in [-0.25, -0.2) is 4.39 Å². The number of halogens is 1. The third-order valence-corrected chi connectivity index (χ3v) is 6.31. The summed E-state index contributed by atoms with van der Waals surface area (Å²) in [7, 11) is 0. The SMILES string of the molecule is C[C@@H]1CN(c2ccc(CNC(=O)[C@H]3C[C@H]4CC[C@H]3C4)cc2F)C[C@H](C)O1. The second kappa shape index (κ2) is 7.18. The van der Waals surface area contributed by atoms with Crippen LogP contribution in [0.15, 0.2) is 18.2 Å². The van der Waals surface area contributed by atoms with Gasteiger partial charge in [-0.05, 0) is 62.6 Å². The maximum absolute atomic E-state index is 14.6. The van der Waals surface area contributed by atoms with Gasteiger partial charge in [-0.2, -0.15) is 0 Å². The van der Waals surface area contributed by atoms with Gasteiger partial charge in [0.15, 0.2) is 0 Å². The van der Waals surface area contributed by atoms with Crippen LogP contribution in [0.4, 0.5) is 10.1 Å². The van der Waals surface area contributed by atoms with E-state index in [9.17, 15) is 9.18 Å². The van der Waals surface area contributed by atoms with Crippen LogP contribution in [0.2, 0.25) is 0 Å². The smallest absolute Gasteiger partial charge is 0.223 e. The fourth-order valence-electron chi connectivity index (χ4n) is 5.18. The third-order valence-electron chi connectivity index (χ3n) is 6.31. The van der Waals surface area contributed by atoms with Crippen LogP contribution in [0, 0.1) is 23.6 Å². The molecule has 1 aromatic rings. The summed E-state index contributed by atoms with van der Waals surface area (Å²) in [6.07, 6.45) is 4.94. The average molecular weight is 360 g/mol. The van der Waals surface area contributed by atoms with Crippen molar-refractivity contribution in [2.24, 2.45) is 17.8 Å². The Morgan fingerprint density at radius 1 is 1.23 bits per heavy atom. The highest BCUT2D eigenvalue weighted by atomic mass is 19.1. The van der Waals surface area contributed by atoms with Gasteiger partial charge in [0.05, 0.1) is 17.9 Å². The lowest BCUT2D eigenvalue weighted by Gasteiger charge is -2.37. The van der Waals surface area contributed by atoms with E-state index < -0.39 is 0 Å². The van der Waals surface area contributed by atoms with Crippen molar-refractivity contribution in [3.8, 4) is 0 Å². The van der Waals surface area contributed by atoms with Gasteiger partial charge in [0, 0.05) is 25.6 Å². The summed E-state index contributed by atoms with van der Waals surface area (Å²) >= 11 is 0. The van der Waals surface area contributed by atoms with Crippen LogP contribution in [0.3, 0.4) is 0 Å². The van der Waals surface area contributed by atoms with E-state index in [-0.39, 0.29) is 29.9 Å². The van der Waals surface area contributed by atoms with Crippen molar-refractivity contribution in [2.75, 3.05) is 18.0 Å². The monoisotopic (exact) mass is 360 g/mol. The maximum atomic E-state index is 14.6. The van der Waals surface area contributed by atoms with Crippen molar-refractivity contribution in [3.05, 3.63) is 29.6 Å². The topological polar surface area (TPSA) is 41.6 Å². The first-order valence-electron chi connectivity index (χ1n) is 9.96. The molecule has 1 amide bonds. The van der Waals surface area contributed by atoms with E-state index in [1.807, 2.05) is 30.9 Å². The summed E-state index contributed by atoms with van der Waals surface area (Å²) in [5.74, 6) is 1.43. The number of anilines is 1. The largest absolute Gasteiger partial charge is 0.372 e. The van der Waals surface area contributed by atoms with Crippen LogP contribution in [-0.2, 0) is 16.1 Å². The summed E-state index contributed by atoms with van der Waals surface area (Å²) in [5.41, 5.74) is 1.44. The highest BCUT2D eigenvalue weighted by Gasteiger charge is 2.42. The molecule has 0 spiro atoms. The third kappa shape index (κ3) is 3.59. The second-order valence-corrected chi connectivity index (χ2v) is 8.45. The van der Waals surface area contributed by atoms with Crippen LogP contribution in [-0.4, -0.2) is 31.2 Å². The normalized spacial score (nSPS) is 33.5. The predicted octanol–water partition coefficient (Wildman–Crippen LogP) is 3.49. The molecular weight excluding hydrogens is 331 g/mol. The Morgan fingerprint density at radius 2 is 2.00 bits per heavy atom. The molecule has 1 aromatic carbocycles. The van der Waals surface area contributed by atoms with Crippen LogP contribution in [0.5, 0.6) is 0 Å². The number of amides is 1. The van der Waals surface area contributed by atoms with Gasteiger partial charge in [0.2, 0.25) is 5.91 Å². The van der Waals surface area contributed by atoms with Gasteiger partial charge >= 0.3 is 0 Å². The van der Waals surface area contributed by atoms with E-state index in [0.717, 1.165) is 17.9 Å². The lowest BCUT2D eigenvalue weighted by atomic mass is 9.88. The van der Waals surface area contributed by atoms with Crippen LogP contribution < -0.4 is 10.2 Å². The van der Waals surface area contributed by atoms with Gasteiger partial charge in [-0.1, -0.05) is 12.5 Å². The molecule has 5 heteroatoms. The average Bonchev–Trinajstić information content (AvgIpc) is 3.22. The fourth-order valence-corrected chi connectivity index (χ4v) is 5.18. The second-order valence-electron chi connectivity index (χ2n) is 8.45. The number of fused-ring (bicyclic) bond motifs is 2. The molecule has 2 saturated carbocycles. The predicted molar refractivity (Wildman–Crippen MR) is 99.4 cm³/mol. The van der Waals surface area contributed by atoms with Gasteiger partial charge in [-0.15, -0.1) is 0 Å². The van der Waals surface area contributed by atoms with E-state index in [4.69, 9.17) is 4.74 Å². The van der Waals surface area contributed by atoms with Crippen LogP contribution >= 0.6 is 0 Å². The number of carbonyl (C=O) groups is 1. The number of benzene rings is 1. The Morgan fingerprint density at radius 3 is 2.62 bits per heavy atom. The molecule has 1 saturated heterocycles. The molecule has 0 radical (unpaired) electrons. The van der Waals surface area contributed by atoms with E-state index in [2.05, 4.69) is 5.32 Å². The van der Waals surface area contributed by atoms with Crippen molar-refractivity contribution in [1.82, 2.24) is 5.32 Å². The number of morpholine rings is 1. The molecule has 5 atom stereocenters. The van der Waals surface area contributed by atoms with Crippen molar-refractivity contribution < 1.29 is 13.9 Å². The molecule has 0 aromatic heterocycles. The molecule has 0 unspecified atom stereocenters. The summed E-state index contributed by atoms with van der Waals surface area (Å²) in [5, 5.41) is 3.03. The molecular formula is C21H29FN2O2. The Bertz CT molecular complexity index is 670. The molecule has 3 fully saturated rings. The zero-order valence-electron chi connectivity index (χ0n) is 15.7. The number of hydrogen-bond donors (Lipinski definition) is 1. The van der Waals surface area contributed by atoms with Crippen molar-refractivity contribution in [3.63, 3.8) is 0 Å². The highest BCUT2D eigenvalue weighted by Crippen LogP contribution is 2.48. The zero-order chi connectivity index (χ0) is 18.3. The highest BCUT2D eigenvalue weighted by molar-refractivity contribution is 5.79. The lowest BCUT2D eigenvalue weighted by molar-refractivity contribution is -0.126. The molecule has 1 heterocycles. The fraction of sp³-hybridized carbons (Fsp3) is 0.667. The van der Waals surface area contributed by atoms with Crippen molar-refractivity contribution in [2.45, 2.75) is 58.3 Å². The minimum atomic E-state index is -0.224. The zero-order valence-corrected chi connectivity index (χ0v) is 15.7. The lowest BCUT2D eigenvalue weighted by Crippen LogP contribution is -2.45. The molecule has 2 aliphatic carbocycles. The molecule has 26 heavy (non-hydrogen) atoms. The molecule has 3 aliphatic rings. The Hall–Kier alpha value is -1.62. The maximum Gasteiger partial charge on any atom is 0.223 e. The minimum absolute atomic E-state index is 0.0962. The van der Waals surface area contributed by atoms with E-state index in [0.29, 0.717) is 31.2 Å². The Labute approximate surface area is 155 Å². The van der Waals surface area contributed by atoms with E-state index >= 15 is 0 Å². The first-order valence-corrected chi connectivity index (χ1v) is 9.96. The number of nitrogens with zero attached hydrogens (tertiary/aromatic N) is 1. The van der Waals surface area contributed by atoms with Crippen molar-refractivity contribution in [1.29, 1.82) is 0 Å². The quantitative estimate of drug-likeness (QED) is 0.894. The first-order chi connectivity index (χ1) is 12.5. The molecule has 1 N–H and O–H groups in total. The summed E-state index contributed by atoms with van der Waals surface area (Å²) in [6, 6.07) is 5.31. The first kappa shape index (κ1) is 17.8. The van der Waals surface area contributed by atoms with Gasteiger partial charge < -0.3 is 15.0 Å². The molecule has 1 aliphatic heterocycles. The molecule has 142 valence electrons. The summed E-state index contributed by atoms with van der Waals surface area (Å²) in [6.45, 7) is 5.82. The summed E-state index contributed by atoms with van der Waals surface area (Å²) < 4.78 is 20.4.